The molecule has 2 atom stereocenters. The van der Waals surface area contributed by atoms with Gasteiger partial charge in [0.2, 0.25) is 5.91 Å². The summed E-state index contributed by atoms with van der Waals surface area (Å²) in [5.74, 6) is 0.953. The monoisotopic (exact) mass is 261 g/mol. The van der Waals surface area contributed by atoms with Gasteiger partial charge < -0.3 is 15.2 Å². The van der Waals surface area contributed by atoms with Crippen LogP contribution in [0.15, 0.2) is 18.2 Å². The van der Waals surface area contributed by atoms with Gasteiger partial charge in [-0.15, -0.1) is 0 Å². The molecule has 0 saturated heterocycles. The molecule has 0 spiro atoms. The highest BCUT2D eigenvalue weighted by molar-refractivity contribution is 5.81. The minimum absolute atomic E-state index is 0.0696. The first-order valence-corrected chi connectivity index (χ1v) is 6.87. The van der Waals surface area contributed by atoms with Gasteiger partial charge in [0.15, 0.2) is 0 Å². The van der Waals surface area contributed by atoms with Gasteiger partial charge in [0, 0.05) is 17.9 Å². The van der Waals surface area contributed by atoms with Gasteiger partial charge in [-0.3, -0.25) is 4.79 Å². The third-order valence-corrected chi connectivity index (χ3v) is 3.83. The normalized spacial score (nSPS) is 26.0. The molecule has 19 heavy (non-hydrogen) atoms. The first kappa shape index (κ1) is 12.5. The van der Waals surface area contributed by atoms with E-state index in [2.05, 4.69) is 5.32 Å². The molecule has 1 aromatic carbocycles. The highest BCUT2D eigenvalue weighted by Gasteiger charge is 2.34. The SMILES string of the molecule is Cc1ccc2c(c1)C(O)C(NC(=O)C1CC1)CCO2. The van der Waals surface area contributed by atoms with Crippen LogP contribution in [0.2, 0.25) is 0 Å². The molecule has 2 N–H and O–H groups in total. The second-order valence-corrected chi connectivity index (χ2v) is 5.51. The first-order valence-electron chi connectivity index (χ1n) is 6.87. The molecule has 0 bridgehead atoms. The van der Waals surface area contributed by atoms with Crippen molar-refractivity contribution in [1.82, 2.24) is 5.32 Å². The van der Waals surface area contributed by atoms with E-state index < -0.39 is 6.10 Å². The van der Waals surface area contributed by atoms with Gasteiger partial charge in [-0.25, -0.2) is 0 Å². The van der Waals surface area contributed by atoms with E-state index in [1.165, 1.54) is 0 Å². The summed E-state index contributed by atoms with van der Waals surface area (Å²) in [5.41, 5.74) is 1.86. The van der Waals surface area contributed by atoms with E-state index in [1.54, 1.807) is 0 Å². The maximum absolute atomic E-state index is 11.8. The molecular formula is C15H19NO3. The van der Waals surface area contributed by atoms with Gasteiger partial charge in [-0.2, -0.15) is 0 Å². The molecule has 1 aromatic rings. The van der Waals surface area contributed by atoms with Crippen molar-refractivity contribution in [3.63, 3.8) is 0 Å². The van der Waals surface area contributed by atoms with E-state index in [1.807, 2.05) is 25.1 Å². The zero-order valence-corrected chi connectivity index (χ0v) is 11.1. The number of hydrogen-bond acceptors (Lipinski definition) is 3. The average Bonchev–Trinajstić information content (AvgIpc) is 3.21. The number of fused-ring (bicyclic) bond motifs is 1. The van der Waals surface area contributed by atoms with E-state index >= 15 is 0 Å². The summed E-state index contributed by atoms with van der Waals surface area (Å²) in [5, 5.41) is 13.4. The summed E-state index contributed by atoms with van der Waals surface area (Å²) in [6.07, 6.45) is 1.88. The van der Waals surface area contributed by atoms with E-state index in [-0.39, 0.29) is 17.9 Å². The fourth-order valence-corrected chi connectivity index (χ4v) is 2.50. The molecule has 1 aliphatic heterocycles. The summed E-state index contributed by atoms with van der Waals surface area (Å²) in [7, 11) is 0. The quantitative estimate of drug-likeness (QED) is 0.852. The van der Waals surface area contributed by atoms with Crippen LogP contribution in [0, 0.1) is 12.8 Å². The van der Waals surface area contributed by atoms with Gasteiger partial charge in [-0.1, -0.05) is 11.6 Å². The van der Waals surface area contributed by atoms with Gasteiger partial charge >= 0.3 is 0 Å². The average molecular weight is 261 g/mol. The van der Waals surface area contributed by atoms with Crippen LogP contribution in [-0.4, -0.2) is 23.7 Å². The molecule has 1 saturated carbocycles. The third kappa shape index (κ3) is 2.59. The lowest BCUT2D eigenvalue weighted by Gasteiger charge is -2.22. The molecule has 2 aliphatic rings. The number of aliphatic hydroxyl groups is 1. The number of ether oxygens (including phenoxy) is 1. The molecule has 4 nitrogen and oxygen atoms in total. The Labute approximate surface area is 112 Å². The van der Waals surface area contributed by atoms with Crippen molar-refractivity contribution in [2.75, 3.05) is 6.61 Å². The Balaban J connectivity index is 1.81. The molecule has 1 amide bonds. The lowest BCUT2D eigenvalue weighted by atomic mass is 9.98. The Morgan fingerprint density at radius 1 is 1.37 bits per heavy atom. The molecule has 1 aliphatic carbocycles. The number of aliphatic hydroxyl groups excluding tert-OH is 1. The topological polar surface area (TPSA) is 58.6 Å². The molecule has 1 fully saturated rings. The van der Waals surface area contributed by atoms with Crippen LogP contribution in [0.3, 0.4) is 0 Å². The zero-order valence-electron chi connectivity index (χ0n) is 11.1. The van der Waals surface area contributed by atoms with Gasteiger partial charge in [0.1, 0.15) is 11.9 Å². The Morgan fingerprint density at radius 3 is 2.89 bits per heavy atom. The Bertz CT molecular complexity index is 496. The van der Waals surface area contributed by atoms with Crippen LogP contribution in [0.25, 0.3) is 0 Å². The summed E-state index contributed by atoms with van der Waals surface area (Å²) >= 11 is 0. The van der Waals surface area contributed by atoms with Crippen LogP contribution in [0.4, 0.5) is 0 Å². The molecule has 2 unspecified atom stereocenters. The van der Waals surface area contributed by atoms with E-state index in [4.69, 9.17) is 4.74 Å². The van der Waals surface area contributed by atoms with Crippen molar-refractivity contribution in [3.8, 4) is 5.75 Å². The zero-order chi connectivity index (χ0) is 13.4. The number of rotatable bonds is 2. The van der Waals surface area contributed by atoms with Gasteiger partial charge in [-0.05, 0) is 31.9 Å². The highest BCUT2D eigenvalue weighted by Crippen LogP contribution is 2.34. The minimum Gasteiger partial charge on any atom is -0.493 e. The maximum atomic E-state index is 11.8. The number of nitrogens with one attached hydrogen (secondary N) is 1. The minimum atomic E-state index is -0.694. The van der Waals surface area contributed by atoms with Crippen molar-refractivity contribution < 1.29 is 14.6 Å². The van der Waals surface area contributed by atoms with Crippen LogP contribution >= 0.6 is 0 Å². The smallest absolute Gasteiger partial charge is 0.223 e. The Morgan fingerprint density at radius 2 is 2.16 bits per heavy atom. The number of aryl methyl sites for hydroxylation is 1. The molecule has 102 valence electrons. The standard InChI is InChI=1S/C15H19NO3/c1-9-2-5-13-11(8-9)14(17)12(6-7-19-13)16-15(18)10-3-4-10/h2,5,8,10,12,14,17H,3-4,6-7H2,1H3,(H,16,18). The lowest BCUT2D eigenvalue weighted by Crippen LogP contribution is -2.40. The van der Waals surface area contributed by atoms with Crippen molar-refractivity contribution in [2.24, 2.45) is 5.92 Å². The fourth-order valence-electron chi connectivity index (χ4n) is 2.50. The van der Waals surface area contributed by atoms with Gasteiger partial charge in [0.05, 0.1) is 12.6 Å². The largest absolute Gasteiger partial charge is 0.493 e. The van der Waals surface area contributed by atoms with Crippen LogP contribution < -0.4 is 10.1 Å². The van der Waals surface area contributed by atoms with Gasteiger partial charge in [0.25, 0.3) is 0 Å². The van der Waals surface area contributed by atoms with E-state index in [0.717, 1.165) is 29.7 Å². The number of amides is 1. The second kappa shape index (κ2) is 4.85. The summed E-state index contributed by atoms with van der Waals surface area (Å²) in [4.78, 5) is 11.8. The van der Waals surface area contributed by atoms with Crippen LogP contribution in [0.1, 0.15) is 36.5 Å². The molecular weight excluding hydrogens is 242 g/mol. The van der Waals surface area contributed by atoms with Crippen molar-refractivity contribution in [3.05, 3.63) is 29.3 Å². The van der Waals surface area contributed by atoms with Crippen molar-refractivity contribution in [2.45, 2.75) is 38.3 Å². The van der Waals surface area contributed by atoms with E-state index in [9.17, 15) is 9.90 Å². The van der Waals surface area contributed by atoms with Crippen molar-refractivity contribution >= 4 is 5.91 Å². The highest BCUT2D eigenvalue weighted by atomic mass is 16.5. The second-order valence-electron chi connectivity index (χ2n) is 5.51. The number of hydrogen-bond donors (Lipinski definition) is 2. The summed E-state index contributed by atoms with van der Waals surface area (Å²) in [6.45, 7) is 2.50. The van der Waals surface area contributed by atoms with Crippen molar-refractivity contribution in [1.29, 1.82) is 0 Å². The number of carbonyl (C=O) groups is 1. The summed E-state index contributed by atoms with van der Waals surface area (Å²) in [6, 6.07) is 5.53. The Hall–Kier alpha value is -1.55. The van der Waals surface area contributed by atoms with Crippen LogP contribution in [0.5, 0.6) is 5.75 Å². The first-order chi connectivity index (χ1) is 9.15. The molecule has 0 radical (unpaired) electrons. The molecule has 1 heterocycles. The number of carbonyl (C=O) groups excluding carboxylic acids is 1. The maximum Gasteiger partial charge on any atom is 0.223 e. The molecule has 3 rings (SSSR count). The lowest BCUT2D eigenvalue weighted by molar-refractivity contribution is -0.124. The predicted octanol–water partition coefficient (Wildman–Crippen LogP) is 1.71. The molecule has 0 aromatic heterocycles. The third-order valence-electron chi connectivity index (χ3n) is 3.83. The predicted molar refractivity (Wildman–Crippen MR) is 70.9 cm³/mol. The van der Waals surface area contributed by atoms with Crippen LogP contribution in [-0.2, 0) is 4.79 Å². The summed E-state index contributed by atoms with van der Waals surface area (Å²) < 4.78 is 5.65. The molecule has 4 heteroatoms. The number of benzene rings is 1. The van der Waals surface area contributed by atoms with E-state index in [0.29, 0.717) is 13.0 Å². The fraction of sp³-hybridized carbons (Fsp3) is 0.533. The Kier molecular flexibility index (Phi) is 3.19.